The summed E-state index contributed by atoms with van der Waals surface area (Å²) in [7, 11) is -3.58. The molecule has 1 aliphatic heterocycles. The van der Waals surface area contributed by atoms with Crippen molar-refractivity contribution in [3.05, 3.63) is 66.4 Å². The molecule has 1 atom stereocenters. The maximum absolute atomic E-state index is 13.0. The minimum absolute atomic E-state index is 0.316. The first kappa shape index (κ1) is 15.4. The Kier molecular flexibility index (Phi) is 3.90. The Morgan fingerprint density at radius 1 is 1.04 bits per heavy atom. The van der Waals surface area contributed by atoms with Crippen LogP contribution >= 0.6 is 0 Å². The lowest BCUT2D eigenvalue weighted by molar-refractivity contribution is 0.587. The highest BCUT2D eigenvalue weighted by Crippen LogP contribution is 2.27. The summed E-state index contributed by atoms with van der Waals surface area (Å²) in [4.78, 5) is 0.316. The fourth-order valence-electron chi connectivity index (χ4n) is 3.48. The van der Waals surface area contributed by atoms with Crippen LogP contribution in [0.4, 0.5) is 0 Å². The van der Waals surface area contributed by atoms with Crippen LogP contribution in [-0.4, -0.2) is 25.0 Å². The van der Waals surface area contributed by atoms with Crippen LogP contribution < -0.4 is 5.32 Å². The zero-order valence-corrected chi connectivity index (χ0v) is 14.2. The van der Waals surface area contributed by atoms with Crippen molar-refractivity contribution in [2.75, 3.05) is 6.54 Å². The Balaban J connectivity index is 1.84. The molecule has 4 rings (SSSR count). The summed E-state index contributed by atoms with van der Waals surface area (Å²) in [5, 5.41) is 4.51. The summed E-state index contributed by atoms with van der Waals surface area (Å²) >= 11 is 0. The van der Waals surface area contributed by atoms with E-state index in [4.69, 9.17) is 0 Å². The van der Waals surface area contributed by atoms with Crippen LogP contribution in [0.1, 0.15) is 18.4 Å². The van der Waals surface area contributed by atoms with E-state index in [0.717, 1.165) is 35.9 Å². The predicted octanol–water partition coefficient (Wildman–Crippen LogP) is 3.17. The number of para-hydroxylation sites is 1. The molecule has 24 heavy (non-hydrogen) atoms. The summed E-state index contributed by atoms with van der Waals surface area (Å²) in [6.07, 6.45) is 4.99. The quantitative estimate of drug-likeness (QED) is 0.794. The number of nitrogens with zero attached hydrogens (tertiary/aromatic N) is 1. The van der Waals surface area contributed by atoms with Crippen molar-refractivity contribution in [2.45, 2.75) is 30.2 Å². The van der Waals surface area contributed by atoms with Crippen LogP contribution in [-0.2, 0) is 16.4 Å². The maximum atomic E-state index is 13.0. The van der Waals surface area contributed by atoms with Gasteiger partial charge in [0.05, 0.1) is 10.4 Å². The smallest absolute Gasteiger partial charge is 0.268 e. The van der Waals surface area contributed by atoms with E-state index < -0.39 is 10.0 Å². The first-order valence-electron chi connectivity index (χ1n) is 8.29. The monoisotopic (exact) mass is 340 g/mol. The molecular weight excluding hydrogens is 320 g/mol. The highest BCUT2D eigenvalue weighted by Gasteiger charge is 2.23. The average Bonchev–Trinajstić information content (AvgIpc) is 3.25. The third-order valence-corrected chi connectivity index (χ3v) is 6.38. The van der Waals surface area contributed by atoms with Gasteiger partial charge in [0, 0.05) is 17.6 Å². The molecule has 1 N–H and O–H groups in total. The molecule has 4 nitrogen and oxygen atoms in total. The van der Waals surface area contributed by atoms with Crippen molar-refractivity contribution in [1.29, 1.82) is 0 Å². The fourth-order valence-corrected chi connectivity index (χ4v) is 4.89. The van der Waals surface area contributed by atoms with Gasteiger partial charge < -0.3 is 5.32 Å². The second-order valence-corrected chi connectivity index (χ2v) is 8.10. The van der Waals surface area contributed by atoms with Crippen molar-refractivity contribution in [2.24, 2.45) is 0 Å². The molecule has 1 saturated heterocycles. The SMILES string of the molecule is O=S(=O)(c1ccccc1)n1cc(CC2CCCN2)c2ccccc21. The second-order valence-electron chi connectivity index (χ2n) is 6.28. The van der Waals surface area contributed by atoms with Gasteiger partial charge in [-0.1, -0.05) is 36.4 Å². The molecule has 5 heteroatoms. The number of benzene rings is 2. The first-order chi connectivity index (χ1) is 11.7. The summed E-state index contributed by atoms with van der Waals surface area (Å²) in [6.45, 7) is 1.05. The number of nitrogens with one attached hydrogen (secondary N) is 1. The van der Waals surface area contributed by atoms with Crippen molar-refractivity contribution in [3.8, 4) is 0 Å². The van der Waals surface area contributed by atoms with Crippen molar-refractivity contribution < 1.29 is 8.42 Å². The van der Waals surface area contributed by atoms with Gasteiger partial charge >= 0.3 is 0 Å². The molecule has 2 aromatic carbocycles. The van der Waals surface area contributed by atoms with Crippen molar-refractivity contribution in [1.82, 2.24) is 9.29 Å². The molecule has 0 spiro atoms. The lowest BCUT2D eigenvalue weighted by atomic mass is 10.0. The van der Waals surface area contributed by atoms with E-state index in [1.54, 1.807) is 30.5 Å². The molecule has 1 aliphatic rings. The molecule has 3 aromatic rings. The van der Waals surface area contributed by atoms with E-state index in [9.17, 15) is 8.42 Å². The van der Waals surface area contributed by atoms with Gasteiger partial charge in [0.2, 0.25) is 0 Å². The van der Waals surface area contributed by atoms with E-state index in [2.05, 4.69) is 5.32 Å². The largest absolute Gasteiger partial charge is 0.314 e. The molecular formula is C19H20N2O2S. The summed E-state index contributed by atoms with van der Waals surface area (Å²) in [5.41, 5.74) is 1.83. The lowest BCUT2D eigenvalue weighted by Gasteiger charge is -2.08. The Labute approximate surface area is 142 Å². The van der Waals surface area contributed by atoms with Crippen LogP contribution in [0.3, 0.4) is 0 Å². The molecule has 0 radical (unpaired) electrons. The minimum atomic E-state index is -3.58. The third kappa shape index (κ3) is 2.64. The number of hydrogen-bond acceptors (Lipinski definition) is 3. The first-order valence-corrected chi connectivity index (χ1v) is 9.73. The van der Waals surface area contributed by atoms with Crippen LogP contribution in [0.2, 0.25) is 0 Å². The van der Waals surface area contributed by atoms with Gasteiger partial charge in [-0.3, -0.25) is 0 Å². The van der Waals surface area contributed by atoms with Crippen LogP contribution in [0.25, 0.3) is 10.9 Å². The lowest BCUT2D eigenvalue weighted by Crippen LogP contribution is -2.23. The van der Waals surface area contributed by atoms with Gasteiger partial charge in [0.25, 0.3) is 10.0 Å². The van der Waals surface area contributed by atoms with E-state index >= 15 is 0 Å². The average molecular weight is 340 g/mol. The van der Waals surface area contributed by atoms with Crippen LogP contribution in [0, 0.1) is 0 Å². The van der Waals surface area contributed by atoms with E-state index in [1.807, 2.05) is 30.3 Å². The Bertz CT molecular complexity index is 955. The number of rotatable bonds is 4. The highest BCUT2D eigenvalue weighted by molar-refractivity contribution is 7.90. The summed E-state index contributed by atoms with van der Waals surface area (Å²) in [5.74, 6) is 0. The number of hydrogen-bond donors (Lipinski definition) is 1. The van der Waals surface area contributed by atoms with Gasteiger partial charge in [0.15, 0.2) is 0 Å². The van der Waals surface area contributed by atoms with Crippen molar-refractivity contribution in [3.63, 3.8) is 0 Å². The molecule has 1 fully saturated rings. The van der Waals surface area contributed by atoms with E-state index in [-0.39, 0.29) is 0 Å². The normalized spacial score (nSPS) is 18.2. The van der Waals surface area contributed by atoms with E-state index in [0.29, 0.717) is 10.9 Å². The van der Waals surface area contributed by atoms with E-state index in [1.165, 1.54) is 10.4 Å². The molecule has 1 unspecified atom stereocenters. The topological polar surface area (TPSA) is 51.1 Å². The Hall–Kier alpha value is -2.11. The third-order valence-electron chi connectivity index (χ3n) is 4.69. The standard InChI is InChI=1S/C19H20N2O2S/c22-24(23,17-8-2-1-3-9-17)21-14-15(13-16-7-6-12-20-16)18-10-4-5-11-19(18)21/h1-5,8-11,14,16,20H,6-7,12-13H2. The van der Waals surface area contributed by atoms with Crippen LogP contribution in [0.15, 0.2) is 65.7 Å². The maximum Gasteiger partial charge on any atom is 0.268 e. The Morgan fingerprint density at radius 3 is 2.54 bits per heavy atom. The molecule has 2 heterocycles. The number of aromatic nitrogens is 1. The molecule has 124 valence electrons. The van der Waals surface area contributed by atoms with Crippen molar-refractivity contribution >= 4 is 20.9 Å². The zero-order valence-electron chi connectivity index (χ0n) is 13.4. The molecule has 0 aliphatic carbocycles. The fraction of sp³-hybridized carbons (Fsp3) is 0.263. The summed E-state index contributed by atoms with van der Waals surface area (Å²) in [6, 6.07) is 16.8. The molecule has 0 saturated carbocycles. The second kappa shape index (κ2) is 6.07. The highest BCUT2D eigenvalue weighted by atomic mass is 32.2. The zero-order chi connectivity index (χ0) is 16.6. The molecule has 0 bridgehead atoms. The van der Waals surface area contributed by atoms with Gasteiger partial charge in [0.1, 0.15) is 0 Å². The van der Waals surface area contributed by atoms with Gasteiger partial charge in [-0.05, 0) is 49.6 Å². The van der Waals surface area contributed by atoms with Gasteiger partial charge in [-0.15, -0.1) is 0 Å². The minimum Gasteiger partial charge on any atom is -0.314 e. The van der Waals surface area contributed by atoms with Gasteiger partial charge in [-0.2, -0.15) is 0 Å². The molecule has 1 aromatic heterocycles. The Morgan fingerprint density at radius 2 is 1.79 bits per heavy atom. The predicted molar refractivity (Wildman–Crippen MR) is 95.7 cm³/mol. The van der Waals surface area contributed by atoms with Crippen LogP contribution in [0.5, 0.6) is 0 Å². The van der Waals surface area contributed by atoms with Gasteiger partial charge in [-0.25, -0.2) is 12.4 Å². The molecule has 0 amide bonds. The number of fused-ring (bicyclic) bond motifs is 1. The summed E-state index contributed by atoms with van der Waals surface area (Å²) < 4.78 is 27.5.